The lowest BCUT2D eigenvalue weighted by molar-refractivity contribution is -0.126. The molecule has 1 fully saturated rings. The standard InChI is InChI=1S/C29H35ClN2O3/c1-6-13-29(4,5)26-20(8-3)27(33)25(28(26)34)21-15-19(11-9-17(21)7-2)35-24-16-31-23-14-18(30)10-12-22(23)32-24/h9-11,14-16,20,22,25-26H,6-8,12-13H2,1-5H3. The molecule has 1 aromatic carbocycles. The average molecular weight is 495 g/mol. The van der Waals surface area contributed by atoms with Crippen molar-refractivity contribution in [1.82, 2.24) is 0 Å². The molecule has 1 aromatic rings. The van der Waals surface area contributed by atoms with Gasteiger partial charge in [0.1, 0.15) is 11.7 Å². The molecule has 0 amide bonds. The van der Waals surface area contributed by atoms with Gasteiger partial charge >= 0.3 is 0 Å². The molecule has 4 atom stereocenters. The maximum atomic E-state index is 13.8. The van der Waals surface area contributed by atoms with E-state index in [-0.39, 0.29) is 34.9 Å². The minimum absolute atomic E-state index is 0.0516. The van der Waals surface area contributed by atoms with Crippen molar-refractivity contribution in [3.8, 4) is 5.75 Å². The molecule has 0 saturated heterocycles. The van der Waals surface area contributed by atoms with Crippen LogP contribution in [0.1, 0.15) is 77.3 Å². The minimum Gasteiger partial charge on any atom is -0.438 e. The van der Waals surface area contributed by atoms with Gasteiger partial charge in [0, 0.05) is 16.9 Å². The van der Waals surface area contributed by atoms with Gasteiger partial charge in [-0.05, 0) is 60.4 Å². The maximum absolute atomic E-state index is 13.8. The Labute approximate surface area is 213 Å². The second-order valence-corrected chi connectivity index (χ2v) is 10.9. The number of nitrogens with zero attached hydrogens (tertiary/aromatic N) is 2. The predicted octanol–water partition coefficient (Wildman–Crippen LogP) is 6.59. The van der Waals surface area contributed by atoms with Crippen LogP contribution in [-0.2, 0) is 16.0 Å². The van der Waals surface area contributed by atoms with Crippen LogP contribution in [-0.4, -0.2) is 29.7 Å². The van der Waals surface area contributed by atoms with Crippen LogP contribution in [0.25, 0.3) is 0 Å². The van der Waals surface area contributed by atoms with Gasteiger partial charge in [-0.1, -0.05) is 64.8 Å². The molecule has 4 unspecified atom stereocenters. The van der Waals surface area contributed by atoms with E-state index in [0.717, 1.165) is 36.1 Å². The summed E-state index contributed by atoms with van der Waals surface area (Å²) in [5, 5.41) is 0.671. The Morgan fingerprint density at radius 2 is 1.91 bits per heavy atom. The molecule has 0 radical (unpaired) electrons. The summed E-state index contributed by atoms with van der Waals surface area (Å²) in [5.74, 6) is -0.155. The fraction of sp³-hybridized carbons (Fsp3) is 0.517. The molecule has 1 saturated carbocycles. The lowest BCUT2D eigenvalue weighted by Gasteiger charge is -2.33. The van der Waals surface area contributed by atoms with Crippen molar-refractivity contribution in [2.45, 2.75) is 78.7 Å². The molecule has 0 spiro atoms. The van der Waals surface area contributed by atoms with Crippen molar-refractivity contribution in [3.05, 3.63) is 52.2 Å². The lowest BCUT2D eigenvalue weighted by Crippen LogP contribution is -2.33. The Bertz CT molecular complexity index is 1140. The number of halogens is 1. The number of aliphatic imine (C=N–C) groups is 2. The van der Waals surface area contributed by atoms with E-state index in [1.54, 1.807) is 6.21 Å². The molecule has 1 aliphatic heterocycles. The van der Waals surface area contributed by atoms with Crippen LogP contribution >= 0.6 is 11.6 Å². The SMILES string of the molecule is CCCC(C)(C)C1C(=O)C(c2cc(OC3=NC4CC=C(Cl)C=C4N=C3)ccc2CC)C(=O)C1CC. The van der Waals surface area contributed by atoms with Crippen molar-refractivity contribution in [2.75, 3.05) is 0 Å². The highest BCUT2D eigenvalue weighted by Crippen LogP contribution is 2.49. The highest BCUT2D eigenvalue weighted by molar-refractivity contribution is 6.31. The van der Waals surface area contributed by atoms with E-state index in [1.807, 2.05) is 44.2 Å². The number of rotatable bonds is 7. The van der Waals surface area contributed by atoms with Crippen molar-refractivity contribution in [1.29, 1.82) is 0 Å². The van der Waals surface area contributed by atoms with E-state index in [1.165, 1.54) is 0 Å². The van der Waals surface area contributed by atoms with Crippen molar-refractivity contribution >= 4 is 35.3 Å². The largest absolute Gasteiger partial charge is 0.438 e. The number of hydrogen-bond donors (Lipinski definition) is 0. The molecule has 0 bridgehead atoms. The predicted molar refractivity (Wildman–Crippen MR) is 142 cm³/mol. The molecular weight excluding hydrogens is 460 g/mol. The first-order valence-electron chi connectivity index (χ1n) is 12.8. The summed E-state index contributed by atoms with van der Waals surface area (Å²) >= 11 is 6.09. The first-order chi connectivity index (χ1) is 16.7. The topological polar surface area (TPSA) is 68.1 Å². The van der Waals surface area contributed by atoms with Crippen LogP contribution in [0.2, 0.25) is 0 Å². The zero-order chi connectivity index (χ0) is 25.3. The molecular formula is C29H35ClN2O3. The lowest BCUT2D eigenvalue weighted by atomic mass is 9.69. The molecule has 5 nitrogen and oxygen atoms in total. The Hall–Kier alpha value is -2.53. The molecule has 186 valence electrons. The number of carbonyl (C=O) groups excluding carboxylic acids is 2. The highest BCUT2D eigenvalue weighted by Gasteiger charge is 2.54. The summed E-state index contributed by atoms with van der Waals surface area (Å²) in [5.41, 5.74) is 2.38. The Morgan fingerprint density at radius 3 is 2.60 bits per heavy atom. The number of Topliss-reactive ketones (excluding diaryl/α,β-unsaturated/α-hetero) is 2. The van der Waals surface area contributed by atoms with Crippen LogP contribution in [0, 0.1) is 17.3 Å². The summed E-state index contributed by atoms with van der Waals surface area (Å²) in [6.07, 6.45) is 9.32. The number of aryl methyl sites for hydroxylation is 1. The summed E-state index contributed by atoms with van der Waals surface area (Å²) < 4.78 is 6.08. The number of allylic oxidation sites excluding steroid dienone is 2. The third kappa shape index (κ3) is 4.93. The third-order valence-electron chi connectivity index (χ3n) is 7.62. The van der Waals surface area contributed by atoms with Gasteiger partial charge < -0.3 is 4.74 Å². The second-order valence-electron chi connectivity index (χ2n) is 10.4. The molecule has 35 heavy (non-hydrogen) atoms. The zero-order valence-electron chi connectivity index (χ0n) is 21.3. The molecule has 1 heterocycles. The fourth-order valence-electron chi connectivity index (χ4n) is 5.97. The van der Waals surface area contributed by atoms with E-state index < -0.39 is 5.92 Å². The van der Waals surface area contributed by atoms with E-state index in [2.05, 4.69) is 30.8 Å². The second kappa shape index (κ2) is 10.2. The van der Waals surface area contributed by atoms with Crippen LogP contribution in [0.15, 0.2) is 51.1 Å². The maximum Gasteiger partial charge on any atom is 0.233 e. The highest BCUT2D eigenvalue weighted by atomic mass is 35.5. The normalized spacial score (nSPS) is 26.3. The molecule has 6 heteroatoms. The quantitative estimate of drug-likeness (QED) is 0.401. The molecule has 0 aromatic heterocycles. The van der Waals surface area contributed by atoms with Gasteiger partial charge in [0.2, 0.25) is 5.90 Å². The van der Waals surface area contributed by atoms with Crippen LogP contribution in [0.3, 0.4) is 0 Å². The summed E-state index contributed by atoms with van der Waals surface area (Å²) in [6, 6.07) is 5.59. The van der Waals surface area contributed by atoms with Gasteiger partial charge in [0.15, 0.2) is 11.6 Å². The van der Waals surface area contributed by atoms with Crippen molar-refractivity contribution in [2.24, 2.45) is 27.2 Å². The number of hydrogen-bond acceptors (Lipinski definition) is 5. The minimum atomic E-state index is -0.735. The summed E-state index contributed by atoms with van der Waals surface area (Å²) in [6.45, 7) is 10.5. The first-order valence-corrected chi connectivity index (χ1v) is 13.1. The number of carbonyl (C=O) groups is 2. The summed E-state index contributed by atoms with van der Waals surface area (Å²) in [7, 11) is 0. The van der Waals surface area contributed by atoms with Crippen molar-refractivity contribution in [3.63, 3.8) is 0 Å². The van der Waals surface area contributed by atoms with Gasteiger partial charge in [-0.15, -0.1) is 0 Å². The van der Waals surface area contributed by atoms with Gasteiger partial charge in [-0.3, -0.25) is 14.6 Å². The van der Waals surface area contributed by atoms with Crippen LogP contribution in [0.4, 0.5) is 0 Å². The van der Waals surface area contributed by atoms with E-state index in [0.29, 0.717) is 29.5 Å². The number of ketones is 2. The van der Waals surface area contributed by atoms with E-state index in [9.17, 15) is 9.59 Å². The summed E-state index contributed by atoms with van der Waals surface area (Å²) in [4.78, 5) is 36.6. The average Bonchev–Trinajstić information content (AvgIpc) is 3.08. The monoisotopic (exact) mass is 494 g/mol. The zero-order valence-corrected chi connectivity index (χ0v) is 22.1. The van der Waals surface area contributed by atoms with Gasteiger partial charge in [0.05, 0.1) is 18.0 Å². The number of fused-ring (bicyclic) bond motifs is 1. The van der Waals surface area contributed by atoms with Crippen LogP contribution < -0.4 is 4.74 Å². The van der Waals surface area contributed by atoms with E-state index >= 15 is 0 Å². The van der Waals surface area contributed by atoms with Gasteiger partial charge in [-0.25, -0.2) is 4.99 Å². The Balaban J connectivity index is 1.64. The smallest absolute Gasteiger partial charge is 0.233 e. The molecule has 3 aliphatic rings. The Morgan fingerprint density at radius 1 is 1.14 bits per heavy atom. The first kappa shape index (κ1) is 25.6. The molecule has 0 N–H and O–H groups in total. The van der Waals surface area contributed by atoms with E-state index in [4.69, 9.17) is 16.3 Å². The molecule has 2 aliphatic carbocycles. The third-order valence-corrected chi connectivity index (χ3v) is 7.88. The van der Waals surface area contributed by atoms with Gasteiger partial charge in [-0.2, -0.15) is 0 Å². The number of benzene rings is 1. The fourth-order valence-corrected chi connectivity index (χ4v) is 6.17. The van der Waals surface area contributed by atoms with Crippen LogP contribution in [0.5, 0.6) is 5.75 Å². The van der Waals surface area contributed by atoms with Gasteiger partial charge in [0.25, 0.3) is 0 Å². The van der Waals surface area contributed by atoms with Crippen molar-refractivity contribution < 1.29 is 14.3 Å². The Kier molecular flexibility index (Phi) is 7.46. The number of ether oxygens (including phenoxy) is 1. The molecule has 4 rings (SSSR count).